The van der Waals surface area contributed by atoms with E-state index in [4.69, 9.17) is 0 Å². The van der Waals surface area contributed by atoms with Crippen LogP contribution in [0.4, 0.5) is 0 Å². The first-order valence-electron chi connectivity index (χ1n) is 6.71. The maximum atomic E-state index is 10.5. The fraction of sp³-hybridized carbons (Fsp3) is 0.562. The lowest BCUT2D eigenvalue weighted by molar-refractivity contribution is 0.528. The monoisotopic (exact) mass is 231 g/mol. The van der Waals surface area contributed by atoms with E-state index in [1.165, 1.54) is 43.2 Å². The molecule has 1 aromatic carbocycles. The van der Waals surface area contributed by atoms with Gasteiger partial charge in [0.2, 0.25) is 6.29 Å². The van der Waals surface area contributed by atoms with Gasteiger partial charge in [0.25, 0.3) is 0 Å². The van der Waals surface area contributed by atoms with Crippen molar-refractivity contribution in [2.45, 2.75) is 52.4 Å². The Bertz CT molecular complexity index is 313. The molecule has 0 bridgehead atoms. The summed E-state index contributed by atoms with van der Waals surface area (Å²) in [5, 5.41) is 0. The highest BCUT2D eigenvalue weighted by Crippen LogP contribution is 2.12. The number of hydrogen-bond donors (Lipinski definition) is 0. The molecule has 0 aliphatic heterocycles. The first-order chi connectivity index (χ1) is 8.26. The highest BCUT2D eigenvalue weighted by molar-refractivity contribution is 5.54. The predicted octanol–water partition coefficient (Wildman–Crippen LogP) is 4.10. The number of benzene rings is 1. The molecule has 0 aromatic heterocycles. The molecule has 0 saturated heterocycles. The van der Waals surface area contributed by atoms with E-state index in [1.807, 2.05) is 13.2 Å². The molecule has 17 heavy (non-hydrogen) atoms. The van der Waals surface area contributed by atoms with Gasteiger partial charge in [0.05, 0.1) is 0 Å². The van der Waals surface area contributed by atoms with Gasteiger partial charge >= 0.3 is 0 Å². The van der Waals surface area contributed by atoms with Crippen LogP contribution in [0.3, 0.4) is 0 Å². The molecule has 0 aliphatic rings. The number of aryl methyl sites for hydroxylation is 1. The summed E-state index contributed by atoms with van der Waals surface area (Å²) >= 11 is 0. The zero-order chi connectivity index (χ0) is 12.5. The summed E-state index contributed by atoms with van der Waals surface area (Å²) in [5.41, 5.74) is 2.64. The summed E-state index contributed by atoms with van der Waals surface area (Å²) in [6, 6.07) is 8.67. The molecule has 1 heteroatoms. The van der Waals surface area contributed by atoms with Crippen molar-refractivity contribution in [2.75, 3.05) is 0 Å². The largest absolute Gasteiger partial charge is 0.291 e. The third kappa shape index (κ3) is 5.67. The maximum absolute atomic E-state index is 10.5. The van der Waals surface area contributed by atoms with Gasteiger partial charge in [0.1, 0.15) is 0 Å². The van der Waals surface area contributed by atoms with Gasteiger partial charge in [-0.05, 0) is 30.4 Å². The maximum Gasteiger partial charge on any atom is 0.201 e. The zero-order valence-electron chi connectivity index (χ0n) is 11.0. The molecular weight excluding hydrogens is 208 g/mol. The van der Waals surface area contributed by atoms with Crippen molar-refractivity contribution >= 4 is 6.29 Å². The van der Waals surface area contributed by atoms with E-state index in [0.29, 0.717) is 0 Å². The van der Waals surface area contributed by atoms with Crippen molar-refractivity contribution in [3.63, 3.8) is 0 Å². The molecule has 0 spiro atoms. The molecule has 0 N–H and O–H groups in total. The quantitative estimate of drug-likeness (QED) is 0.616. The van der Waals surface area contributed by atoms with Gasteiger partial charge in [-0.15, -0.1) is 0 Å². The summed E-state index contributed by atoms with van der Waals surface area (Å²) < 4.78 is 0. The van der Waals surface area contributed by atoms with Crippen molar-refractivity contribution in [1.29, 1.82) is 0 Å². The Morgan fingerprint density at radius 2 is 1.71 bits per heavy atom. The van der Waals surface area contributed by atoms with E-state index in [2.05, 4.69) is 31.2 Å². The molecule has 1 radical (unpaired) electrons. The average molecular weight is 231 g/mol. The van der Waals surface area contributed by atoms with Crippen LogP contribution in [0.2, 0.25) is 0 Å². The molecule has 0 amide bonds. The Labute approximate surface area is 105 Å². The Balaban J connectivity index is 2.36. The molecule has 93 valence electrons. The number of hydrogen-bond acceptors (Lipinski definition) is 1. The Kier molecular flexibility index (Phi) is 6.61. The molecule has 0 saturated carbocycles. The molecule has 1 nitrogen and oxygen atoms in total. The molecule has 1 aromatic rings. The van der Waals surface area contributed by atoms with Gasteiger partial charge in [0.15, 0.2) is 0 Å². The number of carbonyl (C=O) groups excluding carboxylic acids is 1. The lowest BCUT2D eigenvalue weighted by Gasteiger charge is -2.05. The molecule has 0 heterocycles. The Hall–Kier alpha value is -1.11. The van der Waals surface area contributed by atoms with E-state index < -0.39 is 0 Å². The van der Waals surface area contributed by atoms with Crippen molar-refractivity contribution < 1.29 is 4.79 Å². The first-order valence-corrected chi connectivity index (χ1v) is 6.71. The third-order valence-electron chi connectivity index (χ3n) is 3.09. The number of rotatable bonds is 8. The third-order valence-corrected chi connectivity index (χ3v) is 3.09. The number of unbranched alkanes of at least 4 members (excludes halogenated alkanes) is 3. The van der Waals surface area contributed by atoms with Gasteiger partial charge in [-0.1, -0.05) is 57.4 Å². The Morgan fingerprint density at radius 3 is 2.29 bits per heavy atom. The van der Waals surface area contributed by atoms with Crippen molar-refractivity contribution in [3.05, 3.63) is 35.4 Å². The average Bonchev–Trinajstić information content (AvgIpc) is 2.36. The van der Waals surface area contributed by atoms with Crippen LogP contribution in [0.1, 0.15) is 50.7 Å². The van der Waals surface area contributed by atoms with Crippen LogP contribution in [0, 0.1) is 5.92 Å². The van der Waals surface area contributed by atoms with Crippen LogP contribution in [0.15, 0.2) is 24.3 Å². The van der Waals surface area contributed by atoms with E-state index in [-0.39, 0.29) is 5.92 Å². The van der Waals surface area contributed by atoms with Gasteiger partial charge in [-0.25, -0.2) is 0 Å². The van der Waals surface area contributed by atoms with Crippen molar-refractivity contribution in [1.82, 2.24) is 0 Å². The van der Waals surface area contributed by atoms with E-state index in [9.17, 15) is 4.79 Å². The fourth-order valence-electron chi connectivity index (χ4n) is 1.99. The normalized spacial score (nSPS) is 12.4. The minimum absolute atomic E-state index is 0.00500. The van der Waals surface area contributed by atoms with Crippen molar-refractivity contribution in [3.8, 4) is 0 Å². The van der Waals surface area contributed by atoms with Gasteiger partial charge in [-0.2, -0.15) is 0 Å². The minimum Gasteiger partial charge on any atom is -0.291 e. The summed E-state index contributed by atoms with van der Waals surface area (Å²) in [6.07, 6.45) is 9.25. The highest BCUT2D eigenvalue weighted by Gasteiger charge is 2.02. The fourth-order valence-corrected chi connectivity index (χ4v) is 1.99. The molecule has 0 aliphatic carbocycles. The second kappa shape index (κ2) is 8.05. The first kappa shape index (κ1) is 14.0. The van der Waals surface area contributed by atoms with E-state index in [1.54, 1.807) is 0 Å². The van der Waals surface area contributed by atoms with Crippen LogP contribution in [0.5, 0.6) is 0 Å². The summed E-state index contributed by atoms with van der Waals surface area (Å²) in [5.74, 6) is 0.00500. The molecule has 1 unspecified atom stereocenters. The molecule has 0 fully saturated rings. The highest BCUT2D eigenvalue weighted by atomic mass is 16.1. The van der Waals surface area contributed by atoms with Gasteiger partial charge in [-0.3, -0.25) is 4.79 Å². The topological polar surface area (TPSA) is 17.1 Å². The van der Waals surface area contributed by atoms with Crippen LogP contribution in [-0.4, -0.2) is 6.29 Å². The molecule has 1 atom stereocenters. The van der Waals surface area contributed by atoms with E-state index in [0.717, 1.165) is 6.42 Å². The van der Waals surface area contributed by atoms with Crippen LogP contribution in [-0.2, 0) is 17.6 Å². The smallest absolute Gasteiger partial charge is 0.201 e. The standard InChI is InChI=1S/C16H23O/c1-3-4-5-6-7-15-8-10-16(11-9-15)12-14(2)13-17/h8-11,14H,3-7,12H2,1-2H3. The second-order valence-electron chi connectivity index (χ2n) is 4.85. The predicted molar refractivity (Wildman–Crippen MR) is 72.8 cm³/mol. The zero-order valence-corrected chi connectivity index (χ0v) is 11.0. The van der Waals surface area contributed by atoms with Gasteiger partial charge in [0, 0.05) is 5.92 Å². The van der Waals surface area contributed by atoms with Crippen molar-refractivity contribution in [2.24, 2.45) is 5.92 Å². The van der Waals surface area contributed by atoms with Crippen LogP contribution < -0.4 is 0 Å². The second-order valence-corrected chi connectivity index (χ2v) is 4.85. The van der Waals surface area contributed by atoms with E-state index >= 15 is 0 Å². The SMILES string of the molecule is CCCCCCc1ccc(CC(C)[C]=O)cc1. The summed E-state index contributed by atoms with van der Waals surface area (Å²) in [6.45, 7) is 4.14. The molecular formula is C16H23O. The summed E-state index contributed by atoms with van der Waals surface area (Å²) in [7, 11) is 0. The van der Waals surface area contributed by atoms with Gasteiger partial charge < -0.3 is 0 Å². The minimum atomic E-state index is 0.00500. The summed E-state index contributed by atoms with van der Waals surface area (Å²) in [4.78, 5) is 10.5. The lowest BCUT2D eigenvalue weighted by atomic mass is 9.99. The molecule has 1 rings (SSSR count). The van der Waals surface area contributed by atoms with Crippen LogP contribution in [0.25, 0.3) is 0 Å². The van der Waals surface area contributed by atoms with Crippen LogP contribution >= 0.6 is 0 Å². The Morgan fingerprint density at radius 1 is 1.06 bits per heavy atom. The lowest BCUT2D eigenvalue weighted by Crippen LogP contribution is -2.00.